The summed E-state index contributed by atoms with van der Waals surface area (Å²) < 4.78 is 31.9. The van der Waals surface area contributed by atoms with E-state index in [9.17, 15) is 9.00 Å². The summed E-state index contributed by atoms with van der Waals surface area (Å²) in [5.41, 5.74) is 10.1. The highest BCUT2D eigenvalue weighted by Gasteiger charge is 2.24. The molecule has 12 heteroatoms. The van der Waals surface area contributed by atoms with Gasteiger partial charge in [0.2, 0.25) is 5.91 Å². The molecule has 4 aromatic rings. The van der Waals surface area contributed by atoms with Gasteiger partial charge in [-0.25, -0.2) is 13.6 Å². The van der Waals surface area contributed by atoms with Crippen LogP contribution in [0.3, 0.4) is 0 Å². The molecule has 2 aliphatic heterocycles. The van der Waals surface area contributed by atoms with Crippen molar-refractivity contribution in [1.29, 1.82) is 0 Å². The summed E-state index contributed by atoms with van der Waals surface area (Å²) in [6.45, 7) is 2.67. The summed E-state index contributed by atoms with van der Waals surface area (Å²) in [4.78, 5) is 22.7. The van der Waals surface area contributed by atoms with Crippen molar-refractivity contribution in [1.82, 2.24) is 24.6 Å². The molecule has 6 rings (SSSR count). The summed E-state index contributed by atoms with van der Waals surface area (Å²) in [5, 5.41) is 8.87. The molecule has 0 saturated heterocycles. The van der Waals surface area contributed by atoms with Crippen LogP contribution in [0.1, 0.15) is 17.0 Å². The first-order valence-electron chi connectivity index (χ1n) is 11.4. The molecule has 1 aromatic carbocycles. The Bertz CT molecular complexity index is 1600. The van der Waals surface area contributed by atoms with E-state index in [1.807, 2.05) is 13.0 Å². The normalized spacial score (nSPS) is 17.0. The van der Waals surface area contributed by atoms with Crippen molar-refractivity contribution in [2.24, 2.45) is 0 Å². The number of anilines is 4. The second-order valence-electron chi connectivity index (χ2n) is 9.02. The average molecular weight is 507 g/mol. The maximum Gasteiger partial charge on any atom is 0.244 e. The van der Waals surface area contributed by atoms with Gasteiger partial charge >= 0.3 is 0 Å². The molecule has 1 atom stereocenters. The van der Waals surface area contributed by atoms with Crippen LogP contribution >= 0.6 is 0 Å². The van der Waals surface area contributed by atoms with E-state index in [0.29, 0.717) is 63.6 Å². The molecule has 184 valence electrons. The minimum absolute atomic E-state index is 0.00526. The van der Waals surface area contributed by atoms with Gasteiger partial charge in [-0.15, -0.1) is 0 Å². The fourth-order valence-electron chi connectivity index (χ4n) is 4.65. The molecule has 36 heavy (non-hydrogen) atoms. The van der Waals surface area contributed by atoms with Gasteiger partial charge in [0.05, 0.1) is 22.8 Å². The number of carbonyl (C=O) groups excluding carboxylic acids is 1. The molecule has 1 unspecified atom stereocenters. The summed E-state index contributed by atoms with van der Waals surface area (Å²) >= 11 is 0. The zero-order valence-corrected chi connectivity index (χ0v) is 20.4. The van der Waals surface area contributed by atoms with E-state index >= 15 is 4.39 Å². The Balaban J connectivity index is 1.37. The van der Waals surface area contributed by atoms with Gasteiger partial charge in [0.15, 0.2) is 11.6 Å². The van der Waals surface area contributed by atoms with Crippen molar-refractivity contribution in [3.05, 3.63) is 53.4 Å². The fraction of sp³-hybridized carbons (Fsp3) is 0.250. The molecular weight excluding hydrogens is 483 g/mol. The lowest BCUT2D eigenvalue weighted by atomic mass is 9.96. The topological polar surface area (TPSA) is 131 Å². The number of hydrogen-bond donors (Lipinski definition) is 3. The molecule has 5 heterocycles. The highest BCUT2D eigenvalue weighted by atomic mass is 32.2. The standard InChI is InChI=1S/C24H23FN8O2S/c1-12-16(8-27-18-11-36(35)31-24(12)18)15-5-13-6-19(28-9-17(13)23(26)22(15)25)29-20-7-14-3-4-32(2)21(34)10-33(14)30-20/h5-9,31H,3-4,10-11,26H2,1-2H3,(H,28,29,30). The number of hydrogen-bond acceptors (Lipinski definition) is 7. The van der Waals surface area contributed by atoms with Crippen molar-refractivity contribution in [3.8, 4) is 11.1 Å². The van der Waals surface area contributed by atoms with Crippen LogP contribution in [0.25, 0.3) is 21.9 Å². The number of nitrogen functional groups attached to an aromatic ring is 1. The lowest BCUT2D eigenvalue weighted by Crippen LogP contribution is -2.29. The first-order valence-corrected chi connectivity index (χ1v) is 12.7. The van der Waals surface area contributed by atoms with Gasteiger partial charge in [-0.2, -0.15) is 5.10 Å². The molecule has 0 aliphatic carbocycles. The third kappa shape index (κ3) is 3.65. The van der Waals surface area contributed by atoms with Crippen LogP contribution in [-0.4, -0.2) is 48.4 Å². The second kappa shape index (κ2) is 8.26. The molecule has 4 N–H and O–H groups in total. The molecule has 0 spiro atoms. The van der Waals surface area contributed by atoms with Crippen molar-refractivity contribution in [2.75, 3.05) is 29.4 Å². The number of fused-ring (bicyclic) bond motifs is 3. The first-order chi connectivity index (χ1) is 17.3. The van der Waals surface area contributed by atoms with Crippen molar-refractivity contribution in [3.63, 3.8) is 0 Å². The summed E-state index contributed by atoms with van der Waals surface area (Å²) in [5.74, 6) is 0.859. The predicted octanol–water partition coefficient (Wildman–Crippen LogP) is 2.87. The quantitative estimate of drug-likeness (QED) is 0.364. The van der Waals surface area contributed by atoms with Crippen molar-refractivity contribution >= 4 is 50.7 Å². The van der Waals surface area contributed by atoms with Gasteiger partial charge in [-0.3, -0.25) is 14.5 Å². The van der Waals surface area contributed by atoms with Gasteiger partial charge in [0, 0.05) is 60.7 Å². The van der Waals surface area contributed by atoms with E-state index in [0.717, 1.165) is 11.3 Å². The number of amides is 1. The Morgan fingerprint density at radius 1 is 1.17 bits per heavy atom. The van der Waals surface area contributed by atoms with E-state index in [-0.39, 0.29) is 18.1 Å². The van der Waals surface area contributed by atoms with Crippen LogP contribution in [-0.2, 0) is 34.5 Å². The SMILES string of the molecule is Cc1c(-c2cc3cc(Nc4cc5n(n4)CC(=O)N(C)CC5)ncc3c(N)c2F)cnc2c1NS(=O)C2. The number of likely N-dealkylation sites (N-methyl/N-ethyl adjacent to an activating group) is 1. The van der Waals surface area contributed by atoms with E-state index < -0.39 is 16.8 Å². The minimum atomic E-state index is -1.23. The lowest BCUT2D eigenvalue weighted by molar-refractivity contribution is -0.130. The highest BCUT2D eigenvalue weighted by molar-refractivity contribution is 7.86. The van der Waals surface area contributed by atoms with E-state index in [1.54, 1.807) is 35.0 Å². The smallest absolute Gasteiger partial charge is 0.244 e. The molecule has 2 aliphatic rings. The summed E-state index contributed by atoms with van der Waals surface area (Å²) in [6.07, 6.45) is 3.83. The van der Waals surface area contributed by atoms with Crippen LogP contribution in [0, 0.1) is 12.7 Å². The molecule has 3 aromatic heterocycles. The number of nitrogens with one attached hydrogen (secondary N) is 2. The average Bonchev–Trinajstić information content (AvgIpc) is 3.39. The van der Waals surface area contributed by atoms with Crippen LogP contribution < -0.4 is 15.8 Å². The van der Waals surface area contributed by atoms with E-state index in [1.165, 1.54) is 6.20 Å². The van der Waals surface area contributed by atoms with Gasteiger partial charge in [0.1, 0.15) is 23.3 Å². The summed E-state index contributed by atoms with van der Waals surface area (Å²) in [7, 11) is 0.558. The highest BCUT2D eigenvalue weighted by Crippen LogP contribution is 2.39. The Morgan fingerprint density at radius 3 is 2.83 bits per heavy atom. The summed E-state index contributed by atoms with van der Waals surface area (Å²) in [6, 6.07) is 5.40. The Morgan fingerprint density at radius 2 is 2.00 bits per heavy atom. The number of rotatable bonds is 3. The number of halogens is 1. The van der Waals surface area contributed by atoms with Crippen LogP contribution in [0.4, 0.5) is 27.4 Å². The number of nitrogens with zero attached hydrogens (tertiary/aromatic N) is 5. The monoisotopic (exact) mass is 506 g/mol. The van der Waals surface area contributed by atoms with E-state index in [4.69, 9.17) is 5.73 Å². The number of aromatic nitrogens is 4. The fourth-order valence-corrected chi connectivity index (χ4v) is 5.69. The number of carbonyl (C=O) groups is 1. The van der Waals surface area contributed by atoms with Crippen molar-refractivity contribution < 1.29 is 13.4 Å². The maximum atomic E-state index is 15.4. The molecule has 0 radical (unpaired) electrons. The third-order valence-corrected chi connectivity index (χ3v) is 7.69. The number of nitrogens with two attached hydrogens (primary N) is 1. The Kier molecular flexibility index (Phi) is 5.14. The molecule has 0 saturated carbocycles. The Hall–Kier alpha value is -4.06. The van der Waals surface area contributed by atoms with Crippen LogP contribution in [0.5, 0.6) is 0 Å². The third-order valence-electron chi connectivity index (χ3n) is 6.72. The molecule has 0 bridgehead atoms. The first kappa shape index (κ1) is 22.4. The lowest BCUT2D eigenvalue weighted by Gasteiger charge is -2.14. The predicted molar refractivity (Wildman–Crippen MR) is 136 cm³/mol. The van der Waals surface area contributed by atoms with Crippen molar-refractivity contribution in [2.45, 2.75) is 25.6 Å². The molecule has 0 fully saturated rings. The van der Waals surface area contributed by atoms with Gasteiger partial charge < -0.3 is 20.7 Å². The zero-order chi connectivity index (χ0) is 25.1. The molecular formula is C24H23FN8O2S. The van der Waals surface area contributed by atoms with Crippen LogP contribution in [0.15, 0.2) is 30.6 Å². The van der Waals surface area contributed by atoms with Gasteiger partial charge in [-0.1, -0.05) is 0 Å². The molecule has 1 amide bonds. The van der Waals surface area contributed by atoms with Gasteiger partial charge in [-0.05, 0) is 30.0 Å². The largest absolute Gasteiger partial charge is 0.396 e. The minimum Gasteiger partial charge on any atom is -0.396 e. The zero-order valence-electron chi connectivity index (χ0n) is 19.6. The number of pyridine rings is 2. The second-order valence-corrected chi connectivity index (χ2v) is 10.2. The van der Waals surface area contributed by atoms with Crippen LogP contribution in [0.2, 0.25) is 0 Å². The molecule has 10 nitrogen and oxygen atoms in total. The number of benzene rings is 1. The maximum absolute atomic E-state index is 15.4. The van der Waals surface area contributed by atoms with Gasteiger partial charge in [0.25, 0.3) is 0 Å². The Labute approximate surface area is 208 Å². The van der Waals surface area contributed by atoms with E-state index in [2.05, 4.69) is 25.1 Å².